The van der Waals surface area contributed by atoms with E-state index in [-0.39, 0.29) is 17.9 Å². The molecule has 0 saturated carbocycles. The van der Waals surface area contributed by atoms with Gasteiger partial charge in [-0.2, -0.15) is 4.39 Å². The number of rotatable bonds is 3. The van der Waals surface area contributed by atoms with Gasteiger partial charge in [-0.25, -0.2) is 4.98 Å². The van der Waals surface area contributed by atoms with Gasteiger partial charge in [0.05, 0.1) is 11.6 Å². The van der Waals surface area contributed by atoms with Crippen molar-refractivity contribution in [2.75, 3.05) is 20.1 Å². The summed E-state index contributed by atoms with van der Waals surface area (Å²) < 4.78 is 12.8. The topological polar surface area (TPSA) is 53.5 Å². The van der Waals surface area contributed by atoms with Gasteiger partial charge < -0.3 is 9.80 Å². The molecule has 0 bridgehead atoms. The lowest BCUT2D eigenvalue weighted by Crippen LogP contribution is -2.61. The minimum Gasteiger partial charge on any atom is -0.335 e. The van der Waals surface area contributed by atoms with Crippen molar-refractivity contribution in [1.29, 1.82) is 0 Å². The average Bonchev–Trinajstić information content (AvgIpc) is 2.55. The van der Waals surface area contributed by atoms with E-state index in [1.807, 2.05) is 32.0 Å². The quantitative estimate of drug-likeness (QED) is 0.806. The largest absolute Gasteiger partial charge is 0.335 e. The highest BCUT2D eigenvalue weighted by molar-refractivity contribution is 5.97. The summed E-state index contributed by atoms with van der Waals surface area (Å²) in [7, 11) is 1.76. The molecule has 1 aromatic heterocycles. The molecule has 0 aliphatic carbocycles. The van der Waals surface area contributed by atoms with Crippen LogP contribution in [0.25, 0.3) is 0 Å². The van der Waals surface area contributed by atoms with Gasteiger partial charge in [-0.05, 0) is 37.6 Å². The number of pyridine rings is 1. The van der Waals surface area contributed by atoms with E-state index >= 15 is 0 Å². The summed E-state index contributed by atoms with van der Waals surface area (Å²) >= 11 is 0. The molecule has 2 amide bonds. The number of halogens is 1. The van der Waals surface area contributed by atoms with Crippen LogP contribution in [0.1, 0.15) is 31.8 Å². The van der Waals surface area contributed by atoms with Crippen LogP contribution in [0.15, 0.2) is 36.5 Å². The number of aryl methyl sites for hydroxylation is 2. The molecule has 1 saturated heterocycles. The van der Waals surface area contributed by atoms with E-state index in [1.165, 1.54) is 18.3 Å². The van der Waals surface area contributed by atoms with Crippen molar-refractivity contribution in [3.63, 3.8) is 0 Å². The fraction of sp³-hybridized carbons (Fsp3) is 0.316. The Morgan fingerprint density at radius 2 is 1.92 bits per heavy atom. The number of carbonyl (C=O) groups is 2. The standard InChI is InChI=1S/C19H20FN3O2/c1-12-4-5-13(2)16(8-12)19(25)22(3)15-10-23(11-15)18(24)14-6-7-17(20)21-9-14/h4-9,15H,10-11H2,1-3H3. The van der Waals surface area contributed by atoms with Gasteiger partial charge in [0.2, 0.25) is 5.95 Å². The van der Waals surface area contributed by atoms with Gasteiger partial charge in [0, 0.05) is 31.9 Å². The first-order valence-corrected chi connectivity index (χ1v) is 8.12. The lowest BCUT2D eigenvalue weighted by molar-refractivity contribution is 0.0296. The maximum Gasteiger partial charge on any atom is 0.255 e. The Balaban J connectivity index is 1.63. The van der Waals surface area contributed by atoms with Crippen LogP contribution in [0.3, 0.4) is 0 Å². The maximum absolute atomic E-state index is 12.8. The predicted octanol–water partition coefficient (Wildman–Crippen LogP) is 2.43. The smallest absolute Gasteiger partial charge is 0.255 e. The summed E-state index contributed by atoms with van der Waals surface area (Å²) in [6, 6.07) is 8.37. The van der Waals surface area contributed by atoms with Crippen LogP contribution in [0, 0.1) is 19.8 Å². The lowest BCUT2D eigenvalue weighted by atomic mass is 10.0. The monoisotopic (exact) mass is 341 g/mol. The predicted molar refractivity (Wildman–Crippen MR) is 91.9 cm³/mol. The Morgan fingerprint density at radius 1 is 1.20 bits per heavy atom. The Kier molecular flexibility index (Phi) is 4.53. The average molecular weight is 341 g/mol. The normalized spacial score (nSPS) is 14.2. The number of hydrogen-bond acceptors (Lipinski definition) is 3. The van der Waals surface area contributed by atoms with Crippen LogP contribution in [-0.2, 0) is 0 Å². The number of benzene rings is 1. The molecule has 1 aliphatic heterocycles. The van der Waals surface area contributed by atoms with Gasteiger partial charge in [-0.1, -0.05) is 17.7 Å². The van der Waals surface area contributed by atoms with Gasteiger partial charge >= 0.3 is 0 Å². The number of hydrogen-bond donors (Lipinski definition) is 0. The van der Waals surface area contributed by atoms with Gasteiger partial charge in [-0.15, -0.1) is 0 Å². The van der Waals surface area contributed by atoms with E-state index in [0.717, 1.165) is 11.1 Å². The molecule has 130 valence electrons. The highest BCUT2D eigenvalue weighted by atomic mass is 19.1. The maximum atomic E-state index is 12.8. The van der Waals surface area contributed by atoms with Gasteiger partial charge in [0.1, 0.15) is 0 Å². The zero-order chi connectivity index (χ0) is 18.1. The number of likely N-dealkylation sites (N-methyl/N-ethyl adjacent to an activating group) is 1. The first-order valence-electron chi connectivity index (χ1n) is 8.12. The molecule has 0 spiro atoms. The summed E-state index contributed by atoms with van der Waals surface area (Å²) in [6.07, 6.45) is 1.23. The van der Waals surface area contributed by atoms with Crippen molar-refractivity contribution in [2.45, 2.75) is 19.9 Å². The molecular weight excluding hydrogens is 321 g/mol. The first kappa shape index (κ1) is 17.1. The molecule has 0 atom stereocenters. The molecule has 1 aliphatic rings. The zero-order valence-corrected chi connectivity index (χ0v) is 14.5. The second kappa shape index (κ2) is 6.63. The second-order valence-electron chi connectivity index (χ2n) is 6.47. The molecule has 25 heavy (non-hydrogen) atoms. The van der Waals surface area contributed by atoms with Gasteiger partial charge in [0.25, 0.3) is 11.8 Å². The molecule has 3 rings (SSSR count). The van der Waals surface area contributed by atoms with Crippen LogP contribution in [0.5, 0.6) is 0 Å². The molecule has 2 heterocycles. The number of carbonyl (C=O) groups excluding carboxylic acids is 2. The van der Waals surface area contributed by atoms with E-state index in [2.05, 4.69) is 4.98 Å². The number of aromatic nitrogens is 1. The fourth-order valence-corrected chi connectivity index (χ4v) is 2.87. The second-order valence-corrected chi connectivity index (χ2v) is 6.47. The Labute approximate surface area is 146 Å². The summed E-state index contributed by atoms with van der Waals surface area (Å²) in [4.78, 5) is 31.8. The van der Waals surface area contributed by atoms with E-state index < -0.39 is 5.95 Å². The van der Waals surface area contributed by atoms with Crippen LogP contribution in [0.2, 0.25) is 0 Å². The van der Waals surface area contributed by atoms with Crippen molar-refractivity contribution < 1.29 is 14.0 Å². The van der Waals surface area contributed by atoms with E-state index in [0.29, 0.717) is 24.2 Å². The Morgan fingerprint density at radius 3 is 2.56 bits per heavy atom. The van der Waals surface area contributed by atoms with Gasteiger partial charge in [0.15, 0.2) is 0 Å². The summed E-state index contributed by atoms with van der Waals surface area (Å²) in [5, 5.41) is 0. The van der Waals surface area contributed by atoms with E-state index in [4.69, 9.17) is 0 Å². The van der Waals surface area contributed by atoms with Gasteiger partial charge in [-0.3, -0.25) is 9.59 Å². The summed E-state index contributed by atoms with van der Waals surface area (Å²) in [5.74, 6) is -0.852. The van der Waals surface area contributed by atoms with Crippen molar-refractivity contribution in [1.82, 2.24) is 14.8 Å². The zero-order valence-electron chi connectivity index (χ0n) is 14.5. The highest BCUT2D eigenvalue weighted by Crippen LogP contribution is 2.20. The minimum absolute atomic E-state index is 0.0234. The molecule has 1 fully saturated rings. The number of amides is 2. The highest BCUT2D eigenvalue weighted by Gasteiger charge is 2.36. The van der Waals surface area contributed by atoms with Crippen LogP contribution in [0.4, 0.5) is 4.39 Å². The van der Waals surface area contributed by atoms with Crippen molar-refractivity contribution in [3.8, 4) is 0 Å². The third-order valence-corrected chi connectivity index (χ3v) is 4.62. The fourth-order valence-electron chi connectivity index (χ4n) is 2.87. The SMILES string of the molecule is Cc1ccc(C)c(C(=O)N(C)C2CN(C(=O)c3ccc(F)nc3)C2)c1. The Hall–Kier alpha value is -2.76. The molecular formula is C19H20FN3O2. The third kappa shape index (κ3) is 3.38. The molecule has 6 heteroatoms. The molecule has 0 unspecified atom stereocenters. The van der Waals surface area contributed by atoms with Crippen LogP contribution < -0.4 is 0 Å². The molecule has 1 aromatic carbocycles. The minimum atomic E-state index is -0.614. The summed E-state index contributed by atoms with van der Waals surface area (Å²) in [5.41, 5.74) is 3.02. The Bertz CT molecular complexity index is 814. The summed E-state index contributed by atoms with van der Waals surface area (Å²) in [6.45, 7) is 4.79. The van der Waals surface area contributed by atoms with E-state index in [1.54, 1.807) is 16.8 Å². The van der Waals surface area contributed by atoms with Crippen molar-refractivity contribution in [2.24, 2.45) is 0 Å². The molecule has 2 aromatic rings. The number of likely N-dealkylation sites (tertiary alicyclic amines) is 1. The third-order valence-electron chi connectivity index (χ3n) is 4.62. The first-order chi connectivity index (χ1) is 11.9. The molecule has 0 N–H and O–H groups in total. The molecule has 0 radical (unpaired) electrons. The van der Waals surface area contributed by atoms with E-state index in [9.17, 15) is 14.0 Å². The lowest BCUT2D eigenvalue weighted by Gasteiger charge is -2.44. The van der Waals surface area contributed by atoms with Crippen molar-refractivity contribution >= 4 is 11.8 Å². The molecule has 5 nitrogen and oxygen atoms in total. The van der Waals surface area contributed by atoms with Crippen molar-refractivity contribution in [3.05, 3.63) is 64.7 Å². The van der Waals surface area contributed by atoms with Crippen LogP contribution in [-0.4, -0.2) is 52.8 Å². The number of nitrogens with zero attached hydrogens (tertiary/aromatic N) is 3. The van der Waals surface area contributed by atoms with Crippen LogP contribution >= 0.6 is 0 Å².